The van der Waals surface area contributed by atoms with Crippen molar-refractivity contribution in [1.29, 1.82) is 0 Å². The van der Waals surface area contributed by atoms with Crippen LogP contribution in [0.3, 0.4) is 0 Å². The van der Waals surface area contributed by atoms with Crippen LogP contribution in [0.5, 0.6) is 0 Å². The molecule has 0 spiro atoms. The maximum absolute atomic E-state index is 12.5. The van der Waals surface area contributed by atoms with Gasteiger partial charge in [0.05, 0.1) is 17.3 Å². The lowest BCUT2D eigenvalue weighted by molar-refractivity contribution is 0.0602. The van der Waals surface area contributed by atoms with Crippen LogP contribution in [0, 0.1) is 0 Å². The molecule has 1 aliphatic rings. The van der Waals surface area contributed by atoms with Gasteiger partial charge < -0.3 is 4.90 Å². The molecule has 0 bridgehead atoms. The molecule has 1 saturated heterocycles. The number of carbonyl (C=O) groups is 1. The molecular weight excluding hydrogens is 278 g/mol. The van der Waals surface area contributed by atoms with E-state index in [0.29, 0.717) is 11.5 Å². The van der Waals surface area contributed by atoms with Crippen LogP contribution >= 0.6 is 0 Å². The molecule has 3 aromatic heterocycles. The van der Waals surface area contributed by atoms with Gasteiger partial charge in [-0.1, -0.05) is 0 Å². The van der Waals surface area contributed by atoms with E-state index < -0.39 is 0 Å². The lowest BCUT2D eigenvalue weighted by Crippen LogP contribution is -2.48. The SMILES string of the molecule is Cn1ncc2ncc(C(=O)N3CC(c4ccncc4)C3)cc21. The number of aryl methyl sites for hydroxylation is 1. The van der Waals surface area contributed by atoms with E-state index in [9.17, 15) is 4.79 Å². The van der Waals surface area contributed by atoms with Gasteiger partial charge in [-0.2, -0.15) is 5.10 Å². The molecular formula is C16H15N5O. The summed E-state index contributed by atoms with van der Waals surface area (Å²) in [6.45, 7) is 1.48. The Morgan fingerprint density at radius 3 is 2.77 bits per heavy atom. The van der Waals surface area contributed by atoms with Crippen LogP contribution in [-0.2, 0) is 7.05 Å². The predicted octanol–water partition coefficient (Wildman–Crippen LogP) is 1.60. The van der Waals surface area contributed by atoms with Crippen LogP contribution in [0.1, 0.15) is 21.8 Å². The van der Waals surface area contributed by atoms with Gasteiger partial charge >= 0.3 is 0 Å². The van der Waals surface area contributed by atoms with E-state index >= 15 is 0 Å². The molecule has 110 valence electrons. The summed E-state index contributed by atoms with van der Waals surface area (Å²) in [4.78, 5) is 22.7. The molecule has 4 rings (SSSR count). The quantitative estimate of drug-likeness (QED) is 0.720. The van der Waals surface area contributed by atoms with Gasteiger partial charge in [-0.05, 0) is 23.8 Å². The Bertz CT molecular complexity index is 836. The Labute approximate surface area is 127 Å². The zero-order chi connectivity index (χ0) is 15.1. The number of amides is 1. The fourth-order valence-electron chi connectivity index (χ4n) is 2.82. The molecule has 0 unspecified atom stereocenters. The van der Waals surface area contributed by atoms with E-state index in [0.717, 1.165) is 24.1 Å². The van der Waals surface area contributed by atoms with E-state index in [-0.39, 0.29) is 5.91 Å². The smallest absolute Gasteiger partial charge is 0.255 e. The second-order valence-corrected chi connectivity index (χ2v) is 5.58. The minimum atomic E-state index is 0.0286. The highest BCUT2D eigenvalue weighted by atomic mass is 16.2. The maximum Gasteiger partial charge on any atom is 0.255 e. The van der Waals surface area contributed by atoms with Crippen LogP contribution in [0.2, 0.25) is 0 Å². The number of pyridine rings is 2. The van der Waals surface area contributed by atoms with Crippen molar-refractivity contribution in [2.45, 2.75) is 5.92 Å². The topological polar surface area (TPSA) is 63.9 Å². The minimum absolute atomic E-state index is 0.0286. The summed E-state index contributed by atoms with van der Waals surface area (Å²) < 4.78 is 1.73. The van der Waals surface area contributed by atoms with Crippen LogP contribution in [-0.4, -0.2) is 43.6 Å². The molecule has 3 aromatic rings. The number of likely N-dealkylation sites (tertiary alicyclic amines) is 1. The molecule has 0 atom stereocenters. The second-order valence-electron chi connectivity index (χ2n) is 5.58. The van der Waals surface area contributed by atoms with Crippen molar-refractivity contribution in [3.05, 3.63) is 54.1 Å². The van der Waals surface area contributed by atoms with Crippen molar-refractivity contribution in [2.75, 3.05) is 13.1 Å². The van der Waals surface area contributed by atoms with Crippen molar-refractivity contribution in [2.24, 2.45) is 7.05 Å². The standard InChI is InChI=1S/C16H15N5O/c1-20-15-6-12(7-18-14(15)8-19-20)16(22)21-9-13(10-21)11-2-4-17-5-3-11/h2-8,13H,9-10H2,1H3. The van der Waals surface area contributed by atoms with Crippen LogP contribution in [0.25, 0.3) is 11.0 Å². The van der Waals surface area contributed by atoms with Gasteiger partial charge in [0.25, 0.3) is 5.91 Å². The molecule has 0 aromatic carbocycles. The zero-order valence-electron chi connectivity index (χ0n) is 12.2. The van der Waals surface area contributed by atoms with Crippen LogP contribution in [0.4, 0.5) is 0 Å². The first kappa shape index (κ1) is 12.9. The molecule has 6 nitrogen and oxygen atoms in total. The number of aromatic nitrogens is 4. The molecule has 1 amide bonds. The number of carbonyl (C=O) groups excluding carboxylic acids is 1. The summed E-state index contributed by atoms with van der Waals surface area (Å²) in [5.41, 5.74) is 3.53. The van der Waals surface area contributed by atoms with Crippen molar-refractivity contribution in [3.63, 3.8) is 0 Å². The summed E-state index contributed by atoms with van der Waals surface area (Å²) in [5, 5.41) is 4.15. The highest BCUT2D eigenvalue weighted by Gasteiger charge is 2.32. The molecule has 0 saturated carbocycles. The van der Waals surface area contributed by atoms with Crippen molar-refractivity contribution in [3.8, 4) is 0 Å². The maximum atomic E-state index is 12.5. The monoisotopic (exact) mass is 293 g/mol. The first-order valence-corrected chi connectivity index (χ1v) is 7.19. The molecule has 0 aliphatic carbocycles. The molecule has 22 heavy (non-hydrogen) atoms. The Hall–Kier alpha value is -2.76. The second kappa shape index (κ2) is 4.91. The van der Waals surface area contributed by atoms with E-state index in [2.05, 4.69) is 15.1 Å². The Balaban J connectivity index is 1.51. The summed E-state index contributed by atoms with van der Waals surface area (Å²) in [5.74, 6) is 0.432. The zero-order valence-corrected chi connectivity index (χ0v) is 12.2. The van der Waals surface area contributed by atoms with Gasteiger partial charge in [0, 0.05) is 44.6 Å². The molecule has 6 heteroatoms. The average molecular weight is 293 g/mol. The fraction of sp³-hybridized carbons (Fsp3) is 0.250. The summed E-state index contributed by atoms with van der Waals surface area (Å²) in [7, 11) is 1.85. The third-order valence-corrected chi connectivity index (χ3v) is 4.19. The van der Waals surface area contributed by atoms with Gasteiger partial charge in [0.2, 0.25) is 0 Å². The Morgan fingerprint density at radius 1 is 1.23 bits per heavy atom. The average Bonchev–Trinajstić information content (AvgIpc) is 2.88. The molecule has 4 heterocycles. The number of nitrogens with zero attached hydrogens (tertiary/aromatic N) is 5. The predicted molar refractivity (Wildman–Crippen MR) is 81.4 cm³/mol. The van der Waals surface area contributed by atoms with E-state index in [1.54, 1.807) is 29.5 Å². The summed E-state index contributed by atoms with van der Waals surface area (Å²) in [6, 6.07) is 5.88. The van der Waals surface area contributed by atoms with Crippen LogP contribution < -0.4 is 0 Å². The number of hydrogen-bond donors (Lipinski definition) is 0. The van der Waals surface area contributed by atoms with E-state index in [1.165, 1.54) is 5.56 Å². The van der Waals surface area contributed by atoms with Gasteiger partial charge in [-0.15, -0.1) is 0 Å². The first-order valence-electron chi connectivity index (χ1n) is 7.19. The fourth-order valence-corrected chi connectivity index (χ4v) is 2.82. The van der Waals surface area contributed by atoms with Gasteiger partial charge in [-0.3, -0.25) is 19.4 Å². The van der Waals surface area contributed by atoms with E-state index in [4.69, 9.17) is 0 Å². The van der Waals surface area contributed by atoms with Crippen LogP contribution in [0.15, 0.2) is 43.0 Å². The summed E-state index contributed by atoms with van der Waals surface area (Å²) in [6.07, 6.45) is 6.92. The molecule has 0 radical (unpaired) electrons. The highest BCUT2D eigenvalue weighted by molar-refractivity contribution is 5.97. The number of rotatable bonds is 2. The Morgan fingerprint density at radius 2 is 2.00 bits per heavy atom. The van der Waals surface area contributed by atoms with Gasteiger partial charge in [0.1, 0.15) is 5.52 Å². The Kier molecular flexibility index (Phi) is 2.89. The van der Waals surface area contributed by atoms with E-state index in [1.807, 2.05) is 30.1 Å². The summed E-state index contributed by atoms with van der Waals surface area (Å²) >= 11 is 0. The third-order valence-electron chi connectivity index (χ3n) is 4.19. The largest absolute Gasteiger partial charge is 0.337 e. The first-order chi connectivity index (χ1) is 10.7. The normalized spacial score (nSPS) is 15.0. The lowest BCUT2D eigenvalue weighted by atomic mass is 9.92. The molecule has 1 aliphatic heterocycles. The highest BCUT2D eigenvalue weighted by Crippen LogP contribution is 2.28. The van der Waals surface area contributed by atoms with Gasteiger partial charge in [0.15, 0.2) is 0 Å². The van der Waals surface area contributed by atoms with Crippen molar-refractivity contribution >= 4 is 16.9 Å². The molecule has 1 fully saturated rings. The van der Waals surface area contributed by atoms with Crippen molar-refractivity contribution < 1.29 is 4.79 Å². The third kappa shape index (κ3) is 2.04. The number of hydrogen-bond acceptors (Lipinski definition) is 4. The number of fused-ring (bicyclic) bond motifs is 1. The minimum Gasteiger partial charge on any atom is -0.337 e. The van der Waals surface area contributed by atoms with Crippen molar-refractivity contribution in [1.82, 2.24) is 24.6 Å². The van der Waals surface area contributed by atoms with Gasteiger partial charge in [-0.25, -0.2) is 0 Å². The molecule has 0 N–H and O–H groups in total. The lowest BCUT2D eigenvalue weighted by Gasteiger charge is -2.39.